The van der Waals surface area contributed by atoms with Gasteiger partial charge in [0.05, 0.1) is 23.1 Å². The van der Waals surface area contributed by atoms with Gasteiger partial charge in [-0.05, 0) is 50.8 Å². The van der Waals surface area contributed by atoms with Crippen molar-refractivity contribution in [2.45, 2.75) is 68.8 Å². The first-order valence-corrected chi connectivity index (χ1v) is 10.9. The molecular weight excluding hydrogens is 364 g/mol. The van der Waals surface area contributed by atoms with Crippen LogP contribution in [0.4, 0.5) is 0 Å². The van der Waals surface area contributed by atoms with Gasteiger partial charge in [0.2, 0.25) is 10.0 Å². The summed E-state index contributed by atoms with van der Waals surface area (Å²) < 4.78 is 32.3. The van der Waals surface area contributed by atoms with E-state index in [1.807, 2.05) is 26.0 Å². The molecule has 2 bridgehead atoms. The predicted octanol–water partition coefficient (Wildman–Crippen LogP) is 1.70. The van der Waals surface area contributed by atoms with Crippen LogP contribution in [-0.4, -0.2) is 57.1 Å². The summed E-state index contributed by atoms with van der Waals surface area (Å²) in [4.78, 5) is 4.60. The number of nitrogens with zero attached hydrogens (tertiary/aromatic N) is 2. The van der Waals surface area contributed by atoms with Crippen LogP contribution in [-0.2, 0) is 21.3 Å². The van der Waals surface area contributed by atoms with E-state index in [1.54, 1.807) is 26.2 Å². The van der Waals surface area contributed by atoms with Crippen LogP contribution < -0.4 is 10.6 Å². The maximum absolute atomic E-state index is 12.5. The molecule has 2 fully saturated rings. The largest absolute Gasteiger partial charge is 0.373 e. The minimum Gasteiger partial charge on any atom is -0.373 e. The lowest BCUT2D eigenvalue weighted by molar-refractivity contribution is 0.0992. The number of benzene rings is 1. The Morgan fingerprint density at radius 3 is 2.52 bits per heavy atom. The van der Waals surface area contributed by atoms with Gasteiger partial charge in [0.15, 0.2) is 5.96 Å². The third-order valence-electron chi connectivity index (χ3n) is 5.44. The number of nitrogens with one attached hydrogen (secondary N) is 2. The fourth-order valence-corrected chi connectivity index (χ4v) is 4.94. The molecule has 8 heteroatoms. The number of hydrogen-bond acceptors (Lipinski definition) is 4. The van der Waals surface area contributed by atoms with Crippen molar-refractivity contribution in [1.82, 2.24) is 14.9 Å². The van der Waals surface area contributed by atoms with Gasteiger partial charge < -0.3 is 15.4 Å². The van der Waals surface area contributed by atoms with E-state index >= 15 is 0 Å². The Bertz CT molecular complexity index is 777. The van der Waals surface area contributed by atoms with E-state index in [9.17, 15) is 8.42 Å². The monoisotopic (exact) mass is 394 g/mol. The summed E-state index contributed by atoms with van der Waals surface area (Å²) in [5, 5.41) is 6.74. The van der Waals surface area contributed by atoms with Crippen LogP contribution in [0.3, 0.4) is 0 Å². The maximum Gasteiger partial charge on any atom is 0.243 e. The number of ether oxygens (including phenoxy) is 1. The molecular formula is C19H30N4O3S. The lowest BCUT2D eigenvalue weighted by Crippen LogP contribution is -2.47. The van der Waals surface area contributed by atoms with Crippen LogP contribution in [0.1, 0.15) is 38.7 Å². The highest BCUT2D eigenvalue weighted by Gasteiger charge is 2.41. The Labute approximate surface area is 162 Å². The van der Waals surface area contributed by atoms with E-state index < -0.39 is 10.0 Å². The van der Waals surface area contributed by atoms with Gasteiger partial charge in [0.25, 0.3) is 0 Å². The molecule has 2 heterocycles. The molecule has 7 nitrogen and oxygen atoms in total. The second kappa shape index (κ2) is 8.16. The molecule has 0 radical (unpaired) electrons. The first kappa shape index (κ1) is 20.1. The average Bonchev–Trinajstić information content (AvgIpc) is 3.27. The van der Waals surface area contributed by atoms with E-state index in [0.717, 1.165) is 30.8 Å². The van der Waals surface area contributed by atoms with Crippen LogP contribution in [0.5, 0.6) is 0 Å². The minimum atomic E-state index is -3.45. The van der Waals surface area contributed by atoms with Crippen LogP contribution in [0.15, 0.2) is 34.2 Å². The van der Waals surface area contributed by atoms with Gasteiger partial charge in [0, 0.05) is 26.7 Å². The Morgan fingerprint density at radius 2 is 2.00 bits per heavy atom. The number of sulfonamides is 1. The summed E-state index contributed by atoms with van der Waals surface area (Å²) in [6.07, 6.45) is 3.98. The van der Waals surface area contributed by atoms with E-state index in [-0.39, 0.29) is 12.1 Å². The topological polar surface area (TPSA) is 83.0 Å². The molecule has 3 atom stereocenters. The highest BCUT2D eigenvalue weighted by Crippen LogP contribution is 2.34. The molecule has 27 heavy (non-hydrogen) atoms. The quantitative estimate of drug-likeness (QED) is 0.567. The second-order valence-electron chi connectivity index (χ2n) is 7.55. The molecule has 150 valence electrons. The van der Waals surface area contributed by atoms with Crippen LogP contribution in [0, 0.1) is 0 Å². The summed E-state index contributed by atoms with van der Waals surface area (Å²) in [7, 11) is -0.0962. The molecule has 0 aromatic heterocycles. The summed E-state index contributed by atoms with van der Waals surface area (Å²) in [6.45, 7) is 4.28. The normalized spacial score (nSPS) is 25.4. The van der Waals surface area contributed by atoms with E-state index in [4.69, 9.17) is 4.74 Å². The van der Waals surface area contributed by atoms with Gasteiger partial charge in [-0.15, -0.1) is 0 Å². The fraction of sp³-hybridized carbons (Fsp3) is 0.632. The summed E-state index contributed by atoms with van der Waals surface area (Å²) >= 11 is 0. The fourth-order valence-electron chi connectivity index (χ4n) is 3.57. The standard InChI is InChI=1S/C19H30N4O3S/c1-13(2)23(4)27(24,25)16-8-5-14(6-9-16)12-21-19(20-3)22-17-11-15-7-10-18(17)26-15/h5-6,8-9,13,15,17-18H,7,10-12H2,1-4H3,(H2,20,21,22). The van der Waals surface area contributed by atoms with Crippen LogP contribution in [0.2, 0.25) is 0 Å². The molecule has 1 aromatic carbocycles. The number of fused-ring (bicyclic) bond motifs is 2. The Morgan fingerprint density at radius 1 is 1.30 bits per heavy atom. The van der Waals surface area contributed by atoms with Gasteiger partial charge >= 0.3 is 0 Å². The van der Waals surface area contributed by atoms with Crippen LogP contribution >= 0.6 is 0 Å². The number of rotatable bonds is 6. The van der Waals surface area contributed by atoms with E-state index in [1.165, 1.54) is 4.31 Å². The Kier molecular flexibility index (Phi) is 6.08. The second-order valence-corrected chi connectivity index (χ2v) is 9.54. The van der Waals surface area contributed by atoms with Gasteiger partial charge in [-0.3, -0.25) is 4.99 Å². The van der Waals surface area contributed by atoms with Crippen molar-refractivity contribution < 1.29 is 13.2 Å². The first-order chi connectivity index (χ1) is 12.8. The highest BCUT2D eigenvalue weighted by molar-refractivity contribution is 7.89. The predicted molar refractivity (Wildman–Crippen MR) is 106 cm³/mol. The maximum atomic E-state index is 12.5. The first-order valence-electron chi connectivity index (χ1n) is 9.51. The van der Waals surface area contributed by atoms with Crippen molar-refractivity contribution in [2.75, 3.05) is 14.1 Å². The Balaban J connectivity index is 1.56. The third-order valence-corrected chi connectivity index (χ3v) is 7.49. The number of aliphatic imine (C=N–C) groups is 1. The third kappa shape index (κ3) is 4.44. The molecule has 2 aliphatic rings. The van der Waals surface area contributed by atoms with E-state index in [0.29, 0.717) is 23.6 Å². The van der Waals surface area contributed by atoms with Crippen LogP contribution in [0.25, 0.3) is 0 Å². The smallest absolute Gasteiger partial charge is 0.243 e. The molecule has 3 unspecified atom stereocenters. The highest BCUT2D eigenvalue weighted by atomic mass is 32.2. The van der Waals surface area contributed by atoms with Crippen molar-refractivity contribution in [3.8, 4) is 0 Å². The molecule has 3 rings (SSSR count). The van der Waals surface area contributed by atoms with Crippen molar-refractivity contribution in [2.24, 2.45) is 4.99 Å². The van der Waals surface area contributed by atoms with E-state index in [2.05, 4.69) is 15.6 Å². The van der Waals surface area contributed by atoms with Crippen molar-refractivity contribution in [3.63, 3.8) is 0 Å². The number of guanidine groups is 1. The SMILES string of the molecule is CN=C(NCc1ccc(S(=O)(=O)N(C)C(C)C)cc1)NC1CC2CCC1O2. The molecule has 0 amide bonds. The van der Waals surface area contributed by atoms with Crippen molar-refractivity contribution in [1.29, 1.82) is 0 Å². The molecule has 0 saturated carbocycles. The summed E-state index contributed by atoms with van der Waals surface area (Å²) in [5.74, 6) is 0.743. The average molecular weight is 395 g/mol. The lowest BCUT2D eigenvalue weighted by Gasteiger charge is -2.23. The lowest BCUT2D eigenvalue weighted by atomic mass is 9.96. The van der Waals surface area contributed by atoms with Gasteiger partial charge in [-0.1, -0.05) is 12.1 Å². The van der Waals surface area contributed by atoms with Gasteiger partial charge in [-0.25, -0.2) is 8.42 Å². The van der Waals surface area contributed by atoms with Gasteiger partial charge in [-0.2, -0.15) is 4.31 Å². The number of hydrogen-bond donors (Lipinski definition) is 2. The minimum absolute atomic E-state index is 0.0828. The molecule has 2 saturated heterocycles. The molecule has 0 spiro atoms. The zero-order chi connectivity index (χ0) is 19.6. The summed E-state index contributed by atoms with van der Waals surface area (Å²) in [5.41, 5.74) is 0.994. The molecule has 2 N–H and O–H groups in total. The summed E-state index contributed by atoms with van der Waals surface area (Å²) in [6, 6.07) is 7.22. The Hall–Kier alpha value is -1.64. The van der Waals surface area contributed by atoms with Crippen molar-refractivity contribution in [3.05, 3.63) is 29.8 Å². The molecule has 2 aliphatic heterocycles. The zero-order valence-corrected chi connectivity index (χ0v) is 17.3. The van der Waals surface area contributed by atoms with Gasteiger partial charge in [0.1, 0.15) is 0 Å². The molecule has 0 aliphatic carbocycles. The zero-order valence-electron chi connectivity index (χ0n) is 16.5. The molecule has 1 aromatic rings. The van der Waals surface area contributed by atoms with Crippen molar-refractivity contribution >= 4 is 16.0 Å².